The van der Waals surface area contributed by atoms with Gasteiger partial charge in [0.25, 0.3) is 5.91 Å². The summed E-state index contributed by atoms with van der Waals surface area (Å²) in [5, 5.41) is 3.46. The molecule has 4 nitrogen and oxygen atoms in total. The van der Waals surface area contributed by atoms with Crippen molar-refractivity contribution in [1.82, 2.24) is 10.3 Å². The number of carbonyl (C=O) groups is 1. The number of ether oxygens (including phenoxy) is 1. The predicted octanol–water partition coefficient (Wildman–Crippen LogP) is 1.98. The third kappa shape index (κ3) is 2.42. The second-order valence-corrected chi connectivity index (χ2v) is 4.19. The standard InChI is InChI=1S/C14H16N2O2/c1-9-5-4-6-11-12(18-8-13(17)15-3)7-10(2)16-14(9)11/h4-7H,8H2,1-3H3,(H,15,17). The minimum Gasteiger partial charge on any atom is -0.483 e. The monoisotopic (exact) mass is 244 g/mol. The summed E-state index contributed by atoms with van der Waals surface area (Å²) in [7, 11) is 1.59. The van der Waals surface area contributed by atoms with Crippen LogP contribution in [0.5, 0.6) is 5.75 Å². The summed E-state index contributed by atoms with van der Waals surface area (Å²) in [5.74, 6) is 0.551. The van der Waals surface area contributed by atoms with Crippen LogP contribution in [-0.4, -0.2) is 24.5 Å². The lowest BCUT2D eigenvalue weighted by Crippen LogP contribution is -2.24. The molecule has 1 aromatic heterocycles. The summed E-state index contributed by atoms with van der Waals surface area (Å²) in [6, 6.07) is 7.78. The van der Waals surface area contributed by atoms with Crippen molar-refractivity contribution in [1.29, 1.82) is 0 Å². The normalized spacial score (nSPS) is 10.4. The van der Waals surface area contributed by atoms with Gasteiger partial charge in [0.2, 0.25) is 0 Å². The third-order valence-corrected chi connectivity index (χ3v) is 2.77. The van der Waals surface area contributed by atoms with Crippen LogP contribution in [0, 0.1) is 13.8 Å². The van der Waals surface area contributed by atoms with Gasteiger partial charge >= 0.3 is 0 Å². The molecule has 0 spiro atoms. The maximum absolute atomic E-state index is 11.2. The Kier molecular flexibility index (Phi) is 3.46. The van der Waals surface area contributed by atoms with Gasteiger partial charge in [0, 0.05) is 24.2 Å². The number of para-hydroxylation sites is 1. The molecule has 0 radical (unpaired) electrons. The van der Waals surface area contributed by atoms with Crippen LogP contribution < -0.4 is 10.1 Å². The Morgan fingerprint density at radius 2 is 2.17 bits per heavy atom. The molecule has 0 saturated carbocycles. The highest BCUT2D eigenvalue weighted by Gasteiger charge is 2.08. The average Bonchev–Trinajstić information content (AvgIpc) is 2.36. The van der Waals surface area contributed by atoms with Crippen LogP contribution in [0.1, 0.15) is 11.3 Å². The Bertz CT molecular complexity index is 594. The summed E-state index contributed by atoms with van der Waals surface area (Å²) >= 11 is 0. The van der Waals surface area contributed by atoms with Crippen molar-refractivity contribution in [2.45, 2.75) is 13.8 Å². The number of amides is 1. The smallest absolute Gasteiger partial charge is 0.257 e. The van der Waals surface area contributed by atoms with Crippen molar-refractivity contribution in [3.63, 3.8) is 0 Å². The second kappa shape index (κ2) is 5.04. The first-order valence-corrected chi connectivity index (χ1v) is 5.82. The molecule has 18 heavy (non-hydrogen) atoms. The number of fused-ring (bicyclic) bond motifs is 1. The first-order valence-electron chi connectivity index (χ1n) is 5.82. The number of likely N-dealkylation sites (N-methyl/N-ethyl adjacent to an activating group) is 1. The summed E-state index contributed by atoms with van der Waals surface area (Å²) in [4.78, 5) is 15.7. The fraction of sp³-hybridized carbons (Fsp3) is 0.286. The largest absolute Gasteiger partial charge is 0.483 e. The molecule has 2 aromatic rings. The molecule has 1 N–H and O–H groups in total. The van der Waals surface area contributed by atoms with E-state index in [1.807, 2.05) is 38.1 Å². The number of benzene rings is 1. The fourth-order valence-corrected chi connectivity index (χ4v) is 1.82. The van der Waals surface area contributed by atoms with Gasteiger partial charge in [-0.25, -0.2) is 0 Å². The van der Waals surface area contributed by atoms with E-state index in [-0.39, 0.29) is 12.5 Å². The van der Waals surface area contributed by atoms with Crippen molar-refractivity contribution in [2.75, 3.05) is 13.7 Å². The summed E-state index contributed by atoms with van der Waals surface area (Å²) in [5.41, 5.74) is 2.90. The first-order chi connectivity index (χ1) is 8.61. The van der Waals surface area contributed by atoms with Crippen LogP contribution in [0.4, 0.5) is 0 Å². The average molecular weight is 244 g/mol. The number of carbonyl (C=O) groups excluding carboxylic acids is 1. The maximum atomic E-state index is 11.2. The summed E-state index contributed by atoms with van der Waals surface area (Å²) in [6.07, 6.45) is 0. The van der Waals surface area contributed by atoms with Crippen molar-refractivity contribution in [2.24, 2.45) is 0 Å². The van der Waals surface area contributed by atoms with Crippen LogP contribution in [0.2, 0.25) is 0 Å². The number of pyridine rings is 1. The van der Waals surface area contributed by atoms with E-state index >= 15 is 0 Å². The Balaban J connectivity index is 2.43. The van der Waals surface area contributed by atoms with E-state index in [4.69, 9.17) is 4.74 Å². The summed E-state index contributed by atoms with van der Waals surface area (Å²) < 4.78 is 5.56. The lowest BCUT2D eigenvalue weighted by atomic mass is 10.1. The molecule has 0 aliphatic rings. The van der Waals surface area contributed by atoms with Crippen molar-refractivity contribution in [3.8, 4) is 5.75 Å². The molecule has 1 heterocycles. The SMILES string of the molecule is CNC(=O)COc1cc(C)nc2c(C)cccc12. The van der Waals surface area contributed by atoms with Crippen LogP contribution in [-0.2, 0) is 4.79 Å². The van der Waals surface area contributed by atoms with Crippen LogP contribution in [0.25, 0.3) is 10.9 Å². The molecule has 0 bridgehead atoms. The zero-order valence-electron chi connectivity index (χ0n) is 10.8. The van der Waals surface area contributed by atoms with E-state index in [2.05, 4.69) is 10.3 Å². The van der Waals surface area contributed by atoms with Gasteiger partial charge in [-0.2, -0.15) is 0 Å². The highest BCUT2D eigenvalue weighted by molar-refractivity contribution is 5.88. The molecule has 0 unspecified atom stereocenters. The van der Waals surface area contributed by atoms with E-state index in [9.17, 15) is 4.79 Å². The number of hydrogen-bond donors (Lipinski definition) is 1. The molecule has 0 saturated heterocycles. The van der Waals surface area contributed by atoms with E-state index < -0.39 is 0 Å². The van der Waals surface area contributed by atoms with Gasteiger partial charge in [-0.05, 0) is 25.5 Å². The Morgan fingerprint density at radius 3 is 2.89 bits per heavy atom. The number of nitrogens with one attached hydrogen (secondary N) is 1. The number of hydrogen-bond acceptors (Lipinski definition) is 3. The Hall–Kier alpha value is -2.10. The molecular formula is C14H16N2O2. The summed E-state index contributed by atoms with van der Waals surface area (Å²) in [6.45, 7) is 3.94. The topological polar surface area (TPSA) is 51.2 Å². The highest BCUT2D eigenvalue weighted by Crippen LogP contribution is 2.27. The minimum atomic E-state index is -0.148. The van der Waals surface area contributed by atoms with Crippen molar-refractivity contribution < 1.29 is 9.53 Å². The molecule has 94 valence electrons. The van der Waals surface area contributed by atoms with Gasteiger partial charge < -0.3 is 10.1 Å². The minimum absolute atomic E-state index is 0.0169. The van der Waals surface area contributed by atoms with E-state index in [1.54, 1.807) is 7.05 Å². The van der Waals surface area contributed by atoms with Crippen molar-refractivity contribution in [3.05, 3.63) is 35.5 Å². The van der Waals surface area contributed by atoms with Gasteiger partial charge in [0.05, 0.1) is 5.52 Å². The first kappa shape index (κ1) is 12.4. The number of aryl methyl sites for hydroxylation is 2. The highest BCUT2D eigenvalue weighted by atomic mass is 16.5. The zero-order valence-corrected chi connectivity index (χ0v) is 10.8. The molecule has 0 fully saturated rings. The zero-order chi connectivity index (χ0) is 13.1. The number of aromatic nitrogens is 1. The second-order valence-electron chi connectivity index (χ2n) is 4.19. The van der Waals surface area contributed by atoms with Crippen molar-refractivity contribution >= 4 is 16.8 Å². The van der Waals surface area contributed by atoms with Gasteiger partial charge in [-0.1, -0.05) is 12.1 Å². The fourth-order valence-electron chi connectivity index (χ4n) is 1.82. The molecule has 0 aliphatic carbocycles. The lowest BCUT2D eigenvalue weighted by Gasteiger charge is -2.10. The third-order valence-electron chi connectivity index (χ3n) is 2.77. The lowest BCUT2D eigenvalue weighted by molar-refractivity contribution is -0.122. The van der Waals surface area contributed by atoms with Gasteiger partial charge in [0.15, 0.2) is 6.61 Å². The van der Waals surface area contributed by atoms with Gasteiger partial charge in [-0.15, -0.1) is 0 Å². The van der Waals surface area contributed by atoms with E-state index in [1.165, 1.54) is 0 Å². The quantitative estimate of drug-likeness (QED) is 0.898. The van der Waals surface area contributed by atoms with Gasteiger partial charge in [0.1, 0.15) is 5.75 Å². The predicted molar refractivity (Wildman–Crippen MR) is 70.8 cm³/mol. The van der Waals surface area contributed by atoms with Crippen LogP contribution in [0.15, 0.2) is 24.3 Å². The van der Waals surface area contributed by atoms with Crippen LogP contribution >= 0.6 is 0 Å². The Morgan fingerprint density at radius 1 is 1.39 bits per heavy atom. The number of nitrogens with zero attached hydrogens (tertiary/aromatic N) is 1. The van der Waals surface area contributed by atoms with E-state index in [0.717, 1.165) is 22.2 Å². The molecule has 1 aromatic carbocycles. The molecular weight excluding hydrogens is 228 g/mol. The number of rotatable bonds is 3. The molecule has 0 aliphatic heterocycles. The molecule has 4 heteroatoms. The molecule has 2 rings (SSSR count). The maximum Gasteiger partial charge on any atom is 0.257 e. The van der Waals surface area contributed by atoms with Crippen LogP contribution in [0.3, 0.4) is 0 Å². The molecule has 1 amide bonds. The Labute approximate surface area is 106 Å². The molecule has 0 atom stereocenters. The van der Waals surface area contributed by atoms with E-state index in [0.29, 0.717) is 5.75 Å². The van der Waals surface area contributed by atoms with Gasteiger partial charge in [-0.3, -0.25) is 9.78 Å².